The molecule has 34 heavy (non-hydrogen) atoms. The molecule has 2 heterocycles. The maximum Gasteiger partial charge on any atom is 0.119 e. The zero-order valence-electron chi connectivity index (χ0n) is 20.5. The Labute approximate surface area is 203 Å². The average molecular weight is 457 g/mol. The van der Waals surface area contributed by atoms with Crippen LogP contribution in [0.3, 0.4) is 0 Å². The lowest BCUT2D eigenvalue weighted by Crippen LogP contribution is -2.33. The van der Waals surface area contributed by atoms with E-state index >= 15 is 0 Å². The topological polar surface area (TPSA) is 37.6 Å². The number of nitrogens with zero attached hydrogens (tertiary/aromatic N) is 2. The van der Waals surface area contributed by atoms with Crippen molar-refractivity contribution in [3.8, 4) is 11.5 Å². The molecule has 0 radical (unpaired) electrons. The third kappa shape index (κ3) is 4.65. The Morgan fingerprint density at radius 1 is 1.00 bits per heavy atom. The average Bonchev–Trinajstić information content (AvgIpc) is 3.12. The molecule has 4 nitrogen and oxygen atoms in total. The molecule has 2 aliphatic rings. The third-order valence-electron chi connectivity index (χ3n) is 7.48. The summed E-state index contributed by atoms with van der Waals surface area (Å²) in [6.45, 7) is 9.44. The highest BCUT2D eigenvalue weighted by Crippen LogP contribution is 2.40. The van der Waals surface area contributed by atoms with E-state index < -0.39 is 0 Å². The maximum atomic E-state index is 10.2. The number of allylic oxidation sites excluding steroid dienone is 4. The molecule has 1 fully saturated rings. The van der Waals surface area contributed by atoms with Gasteiger partial charge in [-0.3, -0.25) is 4.90 Å². The number of hydrogen-bond donors (Lipinski definition) is 1. The fraction of sp³-hybridized carbons (Fsp3) is 0.400. The van der Waals surface area contributed by atoms with Gasteiger partial charge in [0.1, 0.15) is 18.1 Å². The van der Waals surface area contributed by atoms with E-state index in [4.69, 9.17) is 4.74 Å². The minimum absolute atomic E-state index is 0.0784. The number of benzene rings is 2. The first-order chi connectivity index (χ1) is 16.5. The monoisotopic (exact) mass is 456 g/mol. The zero-order valence-corrected chi connectivity index (χ0v) is 20.5. The van der Waals surface area contributed by atoms with E-state index in [1.54, 1.807) is 6.07 Å². The van der Waals surface area contributed by atoms with Gasteiger partial charge >= 0.3 is 0 Å². The zero-order chi connectivity index (χ0) is 23.5. The molecule has 4 heteroatoms. The molecule has 2 aromatic carbocycles. The summed E-state index contributed by atoms with van der Waals surface area (Å²) in [5.41, 5.74) is 4.89. The highest BCUT2D eigenvalue weighted by atomic mass is 16.5. The first kappa shape index (κ1) is 22.8. The Balaban J connectivity index is 1.37. The number of phenols is 1. The number of aryl methyl sites for hydroxylation is 1. The summed E-state index contributed by atoms with van der Waals surface area (Å²) < 4.78 is 8.47. The van der Waals surface area contributed by atoms with Crippen LogP contribution < -0.4 is 4.74 Å². The second kappa shape index (κ2) is 9.71. The Kier molecular flexibility index (Phi) is 6.51. The predicted molar refractivity (Wildman–Crippen MR) is 140 cm³/mol. The third-order valence-corrected chi connectivity index (χ3v) is 7.48. The maximum absolute atomic E-state index is 10.2. The molecular weight excluding hydrogens is 420 g/mol. The second-order valence-corrected chi connectivity index (χ2v) is 10.1. The predicted octanol–water partition coefficient (Wildman–Crippen LogP) is 6.34. The van der Waals surface area contributed by atoms with Crippen molar-refractivity contribution in [2.45, 2.75) is 51.5 Å². The summed E-state index contributed by atoms with van der Waals surface area (Å²) in [5, 5.41) is 11.3. The fourth-order valence-electron chi connectivity index (χ4n) is 5.66. The smallest absolute Gasteiger partial charge is 0.119 e. The van der Waals surface area contributed by atoms with Crippen LogP contribution in [0, 0.1) is 6.92 Å². The summed E-state index contributed by atoms with van der Waals surface area (Å²) in [7, 11) is 0. The highest BCUT2D eigenvalue weighted by molar-refractivity contribution is 5.87. The lowest BCUT2D eigenvalue weighted by Gasteiger charge is -2.30. The van der Waals surface area contributed by atoms with Gasteiger partial charge in [-0.15, -0.1) is 0 Å². The van der Waals surface area contributed by atoms with E-state index in [1.807, 2.05) is 12.1 Å². The van der Waals surface area contributed by atoms with Crippen LogP contribution in [0.15, 0.2) is 66.8 Å². The summed E-state index contributed by atoms with van der Waals surface area (Å²) >= 11 is 0. The lowest BCUT2D eigenvalue weighted by atomic mass is 9.79. The van der Waals surface area contributed by atoms with Gasteiger partial charge in [0, 0.05) is 35.1 Å². The van der Waals surface area contributed by atoms with Gasteiger partial charge in [0.2, 0.25) is 0 Å². The second-order valence-electron chi connectivity index (χ2n) is 10.1. The Morgan fingerprint density at radius 2 is 1.79 bits per heavy atom. The minimum Gasteiger partial charge on any atom is -0.508 e. The van der Waals surface area contributed by atoms with Crippen LogP contribution in [0.25, 0.3) is 10.9 Å². The lowest BCUT2D eigenvalue weighted by molar-refractivity contribution is 0.183. The van der Waals surface area contributed by atoms with E-state index in [-0.39, 0.29) is 5.41 Å². The summed E-state index contributed by atoms with van der Waals surface area (Å²) in [4.78, 5) is 2.51. The quantitative estimate of drug-likeness (QED) is 0.451. The van der Waals surface area contributed by atoms with Crippen molar-refractivity contribution in [3.05, 3.63) is 83.6 Å². The van der Waals surface area contributed by atoms with Crippen LogP contribution in [-0.4, -0.2) is 40.8 Å². The van der Waals surface area contributed by atoms with Gasteiger partial charge in [-0.1, -0.05) is 49.8 Å². The van der Waals surface area contributed by atoms with Crippen LogP contribution >= 0.6 is 0 Å². The van der Waals surface area contributed by atoms with Gasteiger partial charge in [0.15, 0.2) is 0 Å². The Hall–Kier alpha value is -2.98. The molecule has 1 N–H and O–H groups in total. The minimum atomic E-state index is -0.0784. The number of fused-ring (bicyclic) bond motifs is 1. The van der Waals surface area contributed by atoms with E-state index in [9.17, 15) is 5.11 Å². The molecule has 5 rings (SSSR count). The van der Waals surface area contributed by atoms with Gasteiger partial charge in [-0.05, 0) is 80.7 Å². The molecule has 0 spiro atoms. The van der Waals surface area contributed by atoms with E-state index in [2.05, 4.69) is 71.9 Å². The van der Waals surface area contributed by atoms with Gasteiger partial charge in [0.25, 0.3) is 0 Å². The summed E-state index contributed by atoms with van der Waals surface area (Å²) in [5.74, 6) is 1.25. The number of hydrogen-bond acceptors (Lipinski definition) is 3. The van der Waals surface area contributed by atoms with Crippen molar-refractivity contribution in [1.29, 1.82) is 0 Å². The molecule has 1 saturated heterocycles. The van der Waals surface area contributed by atoms with Gasteiger partial charge in [-0.25, -0.2) is 0 Å². The molecule has 0 saturated carbocycles. The molecular formula is C30H36N2O2. The molecule has 3 aromatic rings. The number of rotatable bonds is 7. The molecule has 1 aliphatic heterocycles. The first-order valence-electron chi connectivity index (χ1n) is 12.6. The molecule has 1 aromatic heterocycles. The number of ether oxygens (including phenoxy) is 1. The standard InChI is InChI=1S/C30H36N2O2/c1-23-27-21-25(33)11-14-28(27)32(29(23)30(2)15-5-3-6-16-30)22-24-9-12-26(13-10-24)34-20-19-31-17-7-4-8-18-31/h3,5-6,9-15,21,33H,4,7-8,16-20,22H2,1-2H3. The van der Waals surface area contributed by atoms with Gasteiger partial charge in [0.05, 0.1) is 0 Å². The van der Waals surface area contributed by atoms with Crippen LogP contribution in [0.5, 0.6) is 11.5 Å². The number of aromatic hydroxyl groups is 1. The number of piperidine rings is 1. The van der Waals surface area contributed by atoms with Gasteiger partial charge < -0.3 is 14.4 Å². The first-order valence-corrected chi connectivity index (χ1v) is 12.6. The van der Waals surface area contributed by atoms with Crippen LogP contribution in [0.1, 0.15) is 49.4 Å². The fourth-order valence-corrected chi connectivity index (χ4v) is 5.66. The Bertz CT molecular complexity index is 1200. The van der Waals surface area contributed by atoms with Crippen LogP contribution in [0.2, 0.25) is 0 Å². The largest absolute Gasteiger partial charge is 0.508 e. The molecule has 0 amide bonds. The number of phenolic OH excluding ortho intramolecular Hbond substituents is 1. The van der Waals surface area contributed by atoms with Crippen molar-refractivity contribution in [2.75, 3.05) is 26.2 Å². The van der Waals surface area contributed by atoms with E-state index in [0.717, 1.165) is 42.8 Å². The van der Waals surface area contributed by atoms with Crippen molar-refractivity contribution in [1.82, 2.24) is 9.47 Å². The van der Waals surface area contributed by atoms with Crippen LogP contribution in [0.4, 0.5) is 0 Å². The van der Waals surface area contributed by atoms with Crippen molar-refractivity contribution >= 4 is 10.9 Å². The van der Waals surface area contributed by atoms with E-state index in [1.165, 1.54) is 49.2 Å². The summed E-state index contributed by atoms with van der Waals surface area (Å²) in [6.07, 6.45) is 13.8. The molecule has 0 bridgehead atoms. The Morgan fingerprint density at radius 3 is 2.53 bits per heavy atom. The normalized spacial score (nSPS) is 20.8. The molecule has 178 valence electrons. The van der Waals surface area contributed by atoms with E-state index in [0.29, 0.717) is 5.75 Å². The van der Waals surface area contributed by atoms with Gasteiger partial charge in [-0.2, -0.15) is 0 Å². The van der Waals surface area contributed by atoms with Crippen molar-refractivity contribution in [2.24, 2.45) is 0 Å². The van der Waals surface area contributed by atoms with Crippen molar-refractivity contribution < 1.29 is 9.84 Å². The highest BCUT2D eigenvalue weighted by Gasteiger charge is 2.31. The SMILES string of the molecule is Cc1c(C2(C)C=CC=CC2)n(Cc2ccc(OCCN3CCCCC3)cc2)c2ccc(O)cc12. The molecule has 1 unspecified atom stereocenters. The summed E-state index contributed by atoms with van der Waals surface area (Å²) in [6, 6.07) is 14.3. The van der Waals surface area contributed by atoms with Crippen molar-refractivity contribution in [3.63, 3.8) is 0 Å². The molecule has 1 aliphatic carbocycles. The number of aromatic nitrogens is 1. The van der Waals surface area contributed by atoms with Crippen LogP contribution in [-0.2, 0) is 12.0 Å². The molecule has 1 atom stereocenters. The number of likely N-dealkylation sites (tertiary alicyclic amines) is 1.